The molecule has 1 aromatic carbocycles. The molecule has 0 aliphatic heterocycles. The number of carbonyl (C=O) groups excluding carboxylic acids is 1. The Labute approximate surface area is 169 Å². The molecule has 0 radical (unpaired) electrons. The number of rotatable bonds is 6. The third-order valence-electron chi connectivity index (χ3n) is 3.75. The Hall–Kier alpha value is -1.83. The highest BCUT2D eigenvalue weighted by atomic mass is 79.9. The van der Waals surface area contributed by atoms with E-state index in [9.17, 15) is 4.79 Å². The van der Waals surface area contributed by atoms with Gasteiger partial charge in [0.1, 0.15) is 0 Å². The van der Waals surface area contributed by atoms with Gasteiger partial charge in [0, 0.05) is 41.0 Å². The van der Waals surface area contributed by atoms with Crippen LogP contribution in [-0.2, 0) is 17.9 Å². The Morgan fingerprint density at radius 2 is 2.12 bits per heavy atom. The summed E-state index contributed by atoms with van der Waals surface area (Å²) in [6.45, 7) is 2.92. The van der Waals surface area contributed by atoms with Crippen LogP contribution in [0.1, 0.15) is 17.7 Å². The van der Waals surface area contributed by atoms with Gasteiger partial charge in [0.05, 0.1) is 17.2 Å². The number of aryl methyl sites for hydroxylation is 2. The lowest BCUT2D eigenvalue weighted by molar-refractivity contribution is -0.116. The van der Waals surface area contributed by atoms with E-state index in [1.54, 1.807) is 27.7 Å². The van der Waals surface area contributed by atoms with Gasteiger partial charge in [-0.3, -0.25) is 14.2 Å². The summed E-state index contributed by atoms with van der Waals surface area (Å²) in [6, 6.07) is 7.18. The number of hydrogen-bond acceptors (Lipinski definition) is 3. The quantitative estimate of drug-likeness (QED) is 0.592. The molecule has 0 spiro atoms. The molecule has 6 nitrogen and oxygen atoms in total. The summed E-state index contributed by atoms with van der Waals surface area (Å²) in [7, 11) is 0. The number of amides is 1. The second-order valence-corrected chi connectivity index (χ2v) is 7.54. The lowest BCUT2D eigenvalue weighted by atomic mass is 10.2. The van der Waals surface area contributed by atoms with E-state index in [1.165, 1.54) is 0 Å². The van der Waals surface area contributed by atoms with Crippen LogP contribution in [0.5, 0.6) is 0 Å². The standard InChI is InChI=1S/C17H16BrCl2N5O/c1-11-6-16(22-17(26)4-5-24-10-13(18)8-21-24)23-25(11)9-12-2-3-14(19)7-15(12)20/h2-3,6-8,10H,4-5,9H2,1H3,(H,22,23,26). The van der Waals surface area contributed by atoms with Gasteiger partial charge in [0.15, 0.2) is 5.82 Å². The molecule has 0 atom stereocenters. The van der Waals surface area contributed by atoms with Crippen molar-refractivity contribution in [2.75, 3.05) is 5.32 Å². The number of nitrogens with one attached hydrogen (secondary N) is 1. The summed E-state index contributed by atoms with van der Waals surface area (Å²) in [6.07, 6.45) is 3.82. The minimum Gasteiger partial charge on any atom is -0.309 e. The van der Waals surface area contributed by atoms with Gasteiger partial charge in [-0.15, -0.1) is 0 Å². The van der Waals surface area contributed by atoms with Gasteiger partial charge in [-0.1, -0.05) is 29.3 Å². The summed E-state index contributed by atoms with van der Waals surface area (Å²) in [5.74, 6) is 0.394. The van der Waals surface area contributed by atoms with Gasteiger partial charge < -0.3 is 5.32 Å². The summed E-state index contributed by atoms with van der Waals surface area (Å²) < 4.78 is 4.37. The Balaban J connectivity index is 1.61. The second kappa shape index (κ2) is 8.24. The SMILES string of the molecule is Cc1cc(NC(=O)CCn2cc(Br)cn2)nn1Cc1ccc(Cl)cc1Cl. The van der Waals surface area contributed by atoms with Gasteiger partial charge >= 0.3 is 0 Å². The van der Waals surface area contributed by atoms with E-state index < -0.39 is 0 Å². The normalized spacial score (nSPS) is 10.9. The van der Waals surface area contributed by atoms with E-state index in [0.29, 0.717) is 35.4 Å². The molecule has 0 bridgehead atoms. The molecule has 0 aliphatic rings. The van der Waals surface area contributed by atoms with E-state index in [1.807, 2.05) is 25.3 Å². The van der Waals surface area contributed by atoms with Crippen LogP contribution in [0.25, 0.3) is 0 Å². The average Bonchev–Trinajstić information content (AvgIpc) is 3.14. The first-order valence-corrected chi connectivity index (χ1v) is 9.42. The molecular weight excluding hydrogens is 441 g/mol. The van der Waals surface area contributed by atoms with Crippen LogP contribution in [-0.4, -0.2) is 25.5 Å². The van der Waals surface area contributed by atoms with Gasteiger partial charge in [0.25, 0.3) is 0 Å². The van der Waals surface area contributed by atoms with E-state index in [2.05, 4.69) is 31.4 Å². The molecular formula is C17H16BrCl2N5O. The maximum Gasteiger partial charge on any atom is 0.227 e. The fourth-order valence-corrected chi connectivity index (χ4v) is 3.22. The van der Waals surface area contributed by atoms with Crippen molar-refractivity contribution in [3.05, 3.63) is 62.4 Å². The fourth-order valence-electron chi connectivity index (χ4n) is 2.42. The number of hydrogen-bond donors (Lipinski definition) is 1. The topological polar surface area (TPSA) is 64.7 Å². The van der Waals surface area contributed by atoms with Crippen molar-refractivity contribution in [2.24, 2.45) is 0 Å². The number of aromatic nitrogens is 4. The van der Waals surface area contributed by atoms with Gasteiger partial charge in [-0.2, -0.15) is 10.2 Å². The molecule has 26 heavy (non-hydrogen) atoms. The van der Waals surface area contributed by atoms with Crippen molar-refractivity contribution in [3.8, 4) is 0 Å². The second-order valence-electron chi connectivity index (χ2n) is 5.78. The van der Waals surface area contributed by atoms with Crippen molar-refractivity contribution in [1.29, 1.82) is 0 Å². The highest BCUT2D eigenvalue weighted by Gasteiger charge is 2.10. The lowest BCUT2D eigenvalue weighted by Crippen LogP contribution is -2.15. The van der Waals surface area contributed by atoms with Gasteiger partial charge in [-0.25, -0.2) is 0 Å². The number of nitrogens with zero attached hydrogens (tertiary/aromatic N) is 4. The van der Waals surface area contributed by atoms with Crippen LogP contribution < -0.4 is 5.32 Å². The van der Waals surface area contributed by atoms with E-state index in [4.69, 9.17) is 23.2 Å². The minimum atomic E-state index is -0.120. The van der Waals surface area contributed by atoms with Crippen LogP contribution in [0.3, 0.4) is 0 Å². The van der Waals surface area contributed by atoms with E-state index in [0.717, 1.165) is 15.7 Å². The average molecular weight is 457 g/mol. The number of carbonyl (C=O) groups is 1. The van der Waals surface area contributed by atoms with Crippen molar-refractivity contribution in [3.63, 3.8) is 0 Å². The first-order valence-electron chi connectivity index (χ1n) is 7.87. The molecule has 0 saturated heterocycles. The Morgan fingerprint density at radius 3 is 2.81 bits per heavy atom. The molecule has 0 fully saturated rings. The minimum absolute atomic E-state index is 0.120. The van der Waals surface area contributed by atoms with Crippen molar-refractivity contribution in [2.45, 2.75) is 26.4 Å². The molecule has 136 valence electrons. The number of benzene rings is 1. The Kier molecular flexibility index (Phi) is 6.01. The van der Waals surface area contributed by atoms with Crippen molar-refractivity contribution < 1.29 is 4.79 Å². The molecule has 2 heterocycles. The van der Waals surface area contributed by atoms with Gasteiger partial charge in [0.2, 0.25) is 5.91 Å². The molecule has 9 heteroatoms. The predicted molar refractivity (Wildman–Crippen MR) is 106 cm³/mol. The highest BCUT2D eigenvalue weighted by molar-refractivity contribution is 9.10. The fraction of sp³-hybridized carbons (Fsp3) is 0.235. The van der Waals surface area contributed by atoms with Crippen LogP contribution >= 0.6 is 39.1 Å². The molecule has 1 amide bonds. The molecule has 2 aromatic heterocycles. The summed E-state index contributed by atoms with van der Waals surface area (Å²) in [4.78, 5) is 12.1. The highest BCUT2D eigenvalue weighted by Crippen LogP contribution is 2.22. The zero-order valence-electron chi connectivity index (χ0n) is 13.9. The van der Waals surface area contributed by atoms with Crippen molar-refractivity contribution >= 4 is 50.9 Å². The zero-order chi connectivity index (χ0) is 18.7. The molecule has 3 aromatic rings. The first-order chi connectivity index (χ1) is 12.4. The monoisotopic (exact) mass is 455 g/mol. The summed E-state index contributed by atoms with van der Waals surface area (Å²) in [5.41, 5.74) is 1.83. The summed E-state index contributed by atoms with van der Waals surface area (Å²) >= 11 is 15.5. The van der Waals surface area contributed by atoms with Gasteiger partial charge in [-0.05, 0) is 40.5 Å². The summed E-state index contributed by atoms with van der Waals surface area (Å²) in [5, 5.41) is 12.5. The largest absolute Gasteiger partial charge is 0.309 e. The Morgan fingerprint density at radius 1 is 1.31 bits per heavy atom. The van der Waals surface area contributed by atoms with Crippen LogP contribution in [0, 0.1) is 6.92 Å². The van der Waals surface area contributed by atoms with E-state index >= 15 is 0 Å². The predicted octanol–water partition coefficient (Wildman–Crippen LogP) is 4.53. The molecule has 1 N–H and O–H groups in total. The third-order valence-corrected chi connectivity index (χ3v) is 4.75. The Bertz CT molecular complexity index is 937. The first kappa shape index (κ1) is 18.9. The smallest absolute Gasteiger partial charge is 0.227 e. The third kappa shape index (κ3) is 4.87. The number of halogens is 3. The molecule has 0 aliphatic carbocycles. The molecule has 0 saturated carbocycles. The number of anilines is 1. The van der Waals surface area contributed by atoms with Crippen molar-refractivity contribution in [1.82, 2.24) is 19.6 Å². The zero-order valence-corrected chi connectivity index (χ0v) is 17.0. The van der Waals surface area contributed by atoms with Crippen LogP contribution in [0.4, 0.5) is 5.82 Å². The maximum absolute atomic E-state index is 12.1. The lowest BCUT2D eigenvalue weighted by Gasteiger charge is -2.07. The van der Waals surface area contributed by atoms with Crippen LogP contribution in [0.15, 0.2) is 41.1 Å². The maximum atomic E-state index is 12.1. The van der Waals surface area contributed by atoms with E-state index in [-0.39, 0.29) is 5.91 Å². The van der Waals surface area contributed by atoms with Crippen LogP contribution in [0.2, 0.25) is 10.0 Å². The molecule has 0 unspecified atom stereocenters. The molecule has 3 rings (SSSR count).